The second-order valence-electron chi connectivity index (χ2n) is 12.0. The van der Waals surface area contributed by atoms with Crippen LogP contribution in [0.1, 0.15) is 30.6 Å². The van der Waals surface area contributed by atoms with Crippen LogP contribution in [0.2, 0.25) is 0 Å². The molecule has 0 aliphatic carbocycles. The number of pyridine rings is 2. The Morgan fingerprint density at radius 1 is 0.731 bits per heavy atom. The number of hydrogen-bond acceptors (Lipinski definition) is 4. The summed E-state index contributed by atoms with van der Waals surface area (Å²) < 4.78 is 51.7. The summed E-state index contributed by atoms with van der Waals surface area (Å²) in [7, 11) is 0. The molecule has 0 aliphatic rings. The van der Waals surface area contributed by atoms with E-state index in [-0.39, 0.29) is 31.2 Å². The Kier molecular flexibility index (Phi) is 8.28. The van der Waals surface area contributed by atoms with Gasteiger partial charge >= 0.3 is 0 Å². The minimum atomic E-state index is -2.18. The van der Waals surface area contributed by atoms with E-state index in [1.807, 2.05) is 54.7 Å². The Morgan fingerprint density at radius 3 is 2.27 bits per heavy atom. The third-order valence-corrected chi connectivity index (χ3v) is 8.56. The van der Waals surface area contributed by atoms with E-state index < -0.39 is 13.7 Å². The van der Waals surface area contributed by atoms with Crippen LogP contribution in [0.3, 0.4) is 0 Å². The molecule has 0 saturated heterocycles. The van der Waals surface area contributed by atoms with E-state index >= 15 is 0 Å². The average molecular weight is 857 g/mol. The molecule has 0 aliphatic heterocycles. The summed E-state index contributed by atoms with van der Waals surface area (Å²) in [6, 6.07) is 49.9. The molecule has 4 aromatic heterocycles. The molecule has 255 valence electrons. The summed E-state index contributed by atoms with van der Waals surface area (Å²) in [4.78, 5) is 13.6. The summed E-state index contributed by atoms with van der Waals surface area (Å²) in [6.07, 6.45) is 7.03. The SMILES string of the molecule is [2H]C([2H])([2H])c1c[c-]c(-c2ccc(C([2H])([2H])[2H])cn2)cc1.[Ir].[c-]1oc2ccc(Cc3ccccn3)cc2c1-c1nc2ccccc2n1-c1ccc(-c2ccccc2)cc1. The molecule has 5 aromatic carbocycles. The molecule has 6 heteroatoms. The number of fused-ring (bicyclic) bond motifs is 2. The number of furan rings is 1. The second kappa shape index (κ2) is 15.5. The molecule has 4 heterocycles. The number of imidazole rings is 1. The molecular weight excluding hydrogens is 817 g/mol. The van der Waals surface area contributed by atoms with Crippen LogP contribution < -0.4 is 0 Å². The van der Waals surface area contributed by atoms with Crippen molar-refractivity contribution in [2.45, 2.75) is 20.1 Å². The van der Waals surface area contributed by atoms with Crippen LogP contribution >= 0.6 is 0 Å². The summed E-state index contributed by atoms with van der Waals surface area (Å²) in [6.45, 7) is -4.34. The minimum Gasteiger partial charge on any atom is -0.557 e. The van der Waals surface area contributed by atoms with Crippen LogP contribution in [0.15, 0.2) is 162 Å². The van der Waals surface area contributed by atoms with Gasteiger partial charge in [0.1, 0.15) is 0 Å². The van der Waals surface area contributed by atoms with Crippen LogP contribution in [0.5, 0.6) is 0 Å². The van der Waals surface area contributed by atoms with Gasteiger partial charge in [-0.25, -0.2) is 0 Å². The number of hydrogen-bond donors (Lipinski definition) is 0. The molecule has 52 heavy (non-hydrogen) atoms. The van der Waals surface area contributed by atoms with E-state index in [4.69, 9.17) is 17.6 Å². The van der Waals surface area contributed by atoms with Gasteiger partial charge in [0.2, 0.25) is 0 Å². The first-order valence-corrected chi connectivity index (χ1v) is 16.5. The molecule has 0 bridgehead atoms. The van der Waals surface area contributed by atoms with Crippen molar-refractivity contribution >= 4 is 22.0 Å². The molecule has 0 atom stereocenters. The fourth-order valence-corrected chi connectivity index (χ4v) is 6.04. The van der Waals surface area contributed by atoms with E-state index in [1.54, 1.807) is 12.1 Å². The predicted octanol–water partition coefficient (Wildman–Crippen LogP) is 11.1. The van der Waals surface area contributed by atoms with Crippen LogP contribution in [-0.2, 0) is 26.5 Å². The maximum atomic E-state index is 7.28. The summed E-state index contributed by atoms with van der Waals surface area (Å²) in [5.41, 5.74) is 10.8. The number of aromatic nitrogens is 4. The molecule has 5 nitrogen and oxygen atoms in total. The molecule has 0 spiro atoms. The first-order chi connectivity index (χ1) is 27.5. The molecule has 0 unspecified atom stereocenters. The summed E-state index contributed by atoms with van der Waals surface area (Å²) in [5.74, 6) is 0.808. The van der Waals surface area contributed by atoms with Crippen molar-refractivity contribution in [2.75, 3.05) is 0 Å². The smallest absolute Gasteiger partial charge is 0.0774 e. The number of aryl methyl sites for hydroxylation is 2. The van der Waals surface area contributed by atoms with E-state index in [0.717, 1.165) is 56.8 Å². The van der Waals surface area contributed by atoms with Gasteiger partial charge in [0.25, 0.3) is 0 Å². The first-order valence-electron chi connectivity index (χ1n) is 19.5. The van der Waals surface area contributed by atoms with E-state index in [1.165, 1.54) is 35.5 Å². The largest absolute Gasteiger partial charge is 0.557 e. The molecule has 0 amide bonds. The molecule has 0 fully saturated rings. The Labute approximate surface area is 325 Å². The van der Waals surface area contributed by atoms with Crippen molar-refractivity contribution in [1.82, 2.24) is 19.5 Å². The molecular formula is C46H34IrN4O-2. The van der Waals surface area contributed by atoms with Gasteiger partial charge in [-0.1, -0.05) is 114 Å². The minimum absolute atomic E-state index is 0. The number of nitrogens with zero attached hydrogens (tertiary/aromatic N) is 4. The van der Waals surface area contributed by atoms with Crippen LogP contribution in [0.25, 0.3) is 61.5 Å². The van der Waals surface area contributed by atoms with Crippen LogP contribution in [0.4, 0.5) is 0 Å². The van der Waals surface area contributed by atoms with Gasteiger partial charge in [0.05, 0.1) is 16.9 Å². The first kappa shape index (κ1) is 27.7. The second-order valence-corrected chi connectivity index (χ2v) is 12.0. The molecule has 1 radical (unpaired) electrons. The third-order valence-electron chi connectivity index (χ3n) is 8.56. The van der Waals surface area contributed by atoms with E-state index in [9.17, 15) is 0 Å². The fraction of sp³-hybridized carbons (Fsp3) is 0.0652. The van der Waals surface area contributed by atoms with Gasteiger partial charge in [-0.2, -0.15) is 0 Å². The van der Waals surface area contributed by atoms with Crippen molar-refractivity contribution in [3.63, 3.8) is 0 Å². The summed E-state index contributed by atoms with van der Waals surface area (Å²) >= 11 is 0. The predicted molar refractivity (Wildman–Crippen MR) is 206 cm³/mol. The normalized spacial score (nSPS) is 13.0. The van der Waals surface area contributed by atoms with Crippen LogP contribution in [-0.4, -0.2) is 19.5 Å². The standard InChI is InChI=1S/C33H22N3O.C13H12N.Ir/c1-2-8-24(9-3-1)25-14-16-27(17-15-25)36-31-12-5-4-11-30(31)35-33(36)29-22-37-32-18-13-23(21-28(29)32)20-26-10-6-7-19-34-26;1-10-3-6-12(7-4-10)13-8-5-11(2)9-14-13;/h1-19,21H,20H2;3-6,8-9H,1-2H3;/q2*-1;/i;1D3,2D3;. The van der Waals surface area contributed by atoms with Crippen molar-refractivity contribution in [2.24, 2.45) is 0 Å². The van der Waals surface area contributed by atoms with Crippen molar-refractivity contribution in [3.05, 3.63) is 193 Å². The third kappa shape index (κ3) is 7.40. The zero-order chi connectivity index (χ0) is 39.6. The van der Waals surface area contributed by atoms with Gasteiger partial charge < -0.3 is 14.0 Å². The number of para-hydroxylation sites is 2. The van der Waals surface area contributed by atoms with E-state index in [0.29, 0.717) is 11.3 Å². The summed E-state index contributed by atoms with van der Waals surface area (Å²) in [5, 5.41) is 0.992. The number of benzene rings is 5. The Morgan fingerprint density at radius 2 is 1.52 bits per heavy atom. The number of rotatable bonds is 6. The zero-order valence-electron chi connectivity index (χ0n) is 33.7. The average Bonchev–Trinajstić information content (AvgIpc) is 3.83. The molecule has 0 N–H and O–H groups in total. The monoisotopic (exact) mass is 857 g/mol. The zero-order valence-corrected chi connectivity index (χ0v) is 30.1. The fourth-order valence-electron chi connectivity index (χ4n) is 6.04. The quantitative estimate of drug-likeness (QED) is 0.156. The molecule has 9 rings (SSSR count). The Balaban J connectivity index is 0.000000208. The van der Waals surface area contributed by atoms with Gasteiger partial charge in [-0.05, 0) is 65.6 Å². The maximum absolute atomic E-state index is 7.28. The van der Waals surface area contributed by atoms with Crippen molar-refractivity contribution in [3.8, 4) is 39.5 Å². The molecule has 0 saturated carbocycles. The van der Waals surface area contributed by atoms with Gasteiger partial charge in [-0.3, -0.25) is 9.97 Å². The maximum Gasteiger partial charge on any atom is 0.0774 e. The van der Waals surface area contributed by atoms with E-state index in [2.05, 4.69) is 93.6 Å². The van der Waals surface area contributed by atoms with Gasteiger partial charge in [0, 0.05) is 70.4 Å². The topological polar surface area (TPSA) is 56.7 Å². The van der Waals surface area contributed by atoms with Gasteiger partial charge in [0.15, 0.2) is 0 Å². The van der Waals surface area contributed by atoms with Crippen molar-refractivity contribution in [1.29, 1.82) is 0 Å². The molecule has 9 aromatic rings. The van der Waals surface area contributed by atoms with Crippen LogP contribution in [0, 0.1) is 26.0 Å². The Hall–Kier alpha value is -5.94. The Bertz CT molecular complexity index is 2710. The van der Waals surface area contributed by atoms with Gasteiger partial charge in [-0.15, -0.1) is 35.4 Å². The van der Waals surface area contributed by atoms with Crippen molar-refractivity contribution < 1.29 is 32.7 Å².